The minimum atomic E-state index is -0.833. The highest BCUT2D eigenvalue weighted by Gasteiger charge is 2.12. The van der Waals surface area contributed by atoms with E-state index in [9.17, 15) is 9.59 Å². The van der Waals surface area contributed by atoms with Gasteiger partial charge in [0.25, 0.3) is 5.97 Å². The maximum absolute atomic E-state index is 11.5. The quantitative estimate of drug-likeness (QED) is 0.671. The number of rotatable bonds is 4. The molecule has 0 spiro atoms. The number of ether oxygens (including phenoxy) is 1. The van der Waals surface area contributed by atoms with Crippen LogP contribution in [0.1, 0.15) is 18.3 Å². The fourth-order valence-electron chi connectivity index (χ4n) is 1.50. The predicted octanol–water partition coefficient (Wildman–Crippen LogP) is 1.42. The van der Waals surface area contributed by atoms with Crippen molar-refractivity contribution in [1.29, 1.82) is 0 Å². The van der Waals surface area contributed by atoms with E-state index in [4.69, 9.17) is 14.6 Å². The normalized spacial score (nSPS) is 9.26. The lowest BCUT2D eigenvalue weighted by Crippen LogP contribution is -2.17. The van der Waals surface area contributed by atoms with Crippen LogP contribution in [0.4, 0.5) is 0 Å². The number of esters is 2. The van der Waals surface area contributed by atoms with Crippen molar-refractivity contribution in [3.63, 3.8) is 0 Å². The Kier molecular flexibility index (Phi) is 7.63. The second kappa shape index (κ2) is 9.78. The van der Waals surface area contributed by atoms with Crippen LogP contribution in [0.15, 0.2) is 48.8 Å². The zero-order valence-electron chi connectivity index (χ0n) is 12.5. The Labute approximate surface area is 133 Å². The Morgan fingerprint density at radius 2 is 1.30 bits per heavy atom. The molecule has 2 aromatic heterocycles. The van der Waals surface area contributed by atoms with Crippen molar-refractivity contribution in [2.45, 2.75) is 19.8 Å². The average Bonchev–Trinajstić information content (AvgIpc) is 2.48. The molecule has 120 valence electrons. The van der Waals surface area contributed by atoms with Gasteiger partial charge in [-0.05, 0) is 24.3 Å². The van der Waals surface area contributed by atoms with Crippen LogP contribution in [0.2, 0.25) is 0 Å². The Morgan fingerprint density at radius 3 is 1.61 bits per heavy atom. The monoisotopic (exact) mass is 316 g/mol. The summed E-state index contributed by atoms with van der Waals surface area (Å²) in [6, 6.07) is 10.4. The summed E-state index contributed by atoms with van der Waals surface area (Å²) in [5.41, 5.74) is 1.14. The van der Waals surface area contributed by atoms with Crippen molar-refractivity contribution < 1.29 is 24.2 Å². The molecular formula is C16H16N2O5. The molecule has 0 aromatic carbocycles. The van der Waals surface area contributed by atoms with Crippen molar-refractivity contribution >= 4 is 17.9 Å². The molecule has 0 unspecified atom stereocenters. The van der Waals surface area contributed by atoms with Crippen molar-refractivity contribution in [3.8, 4) is 0 Å². The highest BCUT2D eigenvalue weighted by Crippen LogP contribution is 2.00. The van der Waals surface area contributed by atoms with Crippen LogP contribution in [-0.2, 0) is 32.0 Å². The molecule has 0 atom stereocenters. The second-order valence-electron chi connectivity index (χ2n) is 4.36. The molecule has 0 fully saturated rings. The summed E-state index contributed by atoms with van der Waals surface area (Å²) in [6.45, 7) is 1.08. The zero-order valence-corrected chi connectivity index (χ0v) is 12.5. The Hall–Kier alpha value is -3.09. The van der Waals surface area contributed by atoms with E-state index in [0.29, 0.717) is 11.4 Å². The maximum atomic E-state index is 11.5. The van der Waals surface area contributed by atoms with Crippen molar-refractivity contribution in [2.75, 3.05) is 0 Å². The number of carbonyl (C=O) groups excluding carboxylic acids is 2. The molecular weight excluding hydrogens is 300 g/mol. The van der Waals surface area contributed by atoms with Crippen LogP contribution in [0.25, 0.3) is 0 Å². The minimum absolute atomic E-state index is 0.0190. The first-order valence-corrected chi connectivity index (χ1v) is 6.70. The number of hydrogen-bond donors (Lipinski definition) is 1. The molecule has 7 heteroatoms. The van der Waals surface area contributed by atoms with Crippen LogP contribution in [0.3, 0.4) is 0 Å². The second-order valence-corrected chi connectivity index (χ2v) is 4.36. The molecule has 0 bridgehead atoms. The summed E-state index contributed by atoms with van der Waals surface area (Å²) in [5, 5.41) is 7.42. The van der Waals surface area contributed by atoms with Crippen LogP contribution in [-0.4, -0.2) is 33.0 Å². The van der Waals surface area contributed by atoms with E-state index < -0.39 is 17.9 Å². The van der Waals surface area contributed by atoms with E-state index in [2.05, 4.69) is 9.97 Å². The maximum Gasteiger partial charge on any atom is 0.319 e. The number of carboxylic acid groups (broad SMARTS) is 1. The summed E-state index contributed by atoms with van der Waals surface area (Å²) in [7, 11) is 0. The first-order chi connectivity index (χ1) is 11.0. The number of nitrogens with zero attached hydrogens (tertiary/aromatic N) is 2. The van der Waals surface area contributed by atoms with Gasteiger partial charge in [-0.15, -0.1) is 0 Å². The van der Waals surface area contributed by atoms with Crippen LogP contribution in [0.5, 0.6) is 0 Å². The molecule has 2 aromatic rings. The van der Waals surface area contributed by atoms with Crippen LogP contribution >= 0.6 is 0 Å². The van der Waals surface area contributed by atoms with Crippen molar-refractivity contribution in [1.82, 2.24) is 9.97 Å². The standard InChI is InChI=1S/C14H12N2O3.C2H4O2/c17-13(9-11-5-1-3-7-15-11)19-14(18)10-12-6-2-4-8-16-12;1-2(3)4/h1-8H,9-10H2;1H3,(H,3,4). The lowest BCUT2D eigenvalue weighted by molar-refractivity contribution is -0.158. The van der Waals surface area contributed by atoms with E-state index in [0.717, 1.165) is 6.92 Å². The van der Waals surface area contributed by atoms with Gasteiger partial charge in [-0.1, -0.05) is 12.1 Å². The minimum Gasteiger partial charge on any atom is -0.481 e. The number of carboxylic acids is 1. The van der Waals surface area contributed by atoms with E-state index in [-0.39, 0.29) is 12.8 Å². The van der Waals surface area contributed by atoms with E-state index in [1.54, 1.807) is 48.8 Å². The molecule has 0 radical (unpaired) electrons. The first-order valence-electron chi connectivity index (χ1n) is 6.70. The summed E-state index contributed by atoms with van der Waals surface area (Å²) >= 11 is 0. The Balaban J connectivity index is 0.000000593. The van der Waals surface area contributed by atoms with Gasteiger partial charge < -0.3 is 9.84 Å². The highest BCUT2D eigenvalue weighted by atomic mass is 16.6. The van der Waals surface area contributed by atoms with E-state index in [1.165, 1.54) is 0 Å². The summed E-state index contributed by atoms with van der Waals surface area (Å²) < 4.78 is 4.70. The molecule has 2 rings (SSSR count). The molecule has 1 N–H and O–H groups in total. The van der Waals surface area contributed by atoms with Gasteiger partial charge >= 0.3 is 11.9 Å². The largest absolute Gasteiger partial charge is 0.481 e. The predicted molar refractivity (Wildman–Crippen MR) is 80.3 cm³/mol. The third-order valence-electron chi connectivity index (χ3n) is 2.33. The van der Waals surface area contributed by atoms with Gasteiger partial charge in [0.15, 0.2) is 0 Å². The van der Waals surface area contributed by atoms with Gasteiger partial charge in [-0.3, -0.25) is 24.4 Å². The summed E-state index contributed by atoms with van der Waals surface area (Å²) in [5.74, 6) is -2.06. The first kappa shape index (κ1) is 18.0. The van der Waals surface area contributed by atoms with Gasteiger partial charge in [0.05, 0.1) is 24.2 Å². The topological polar surface area (TPSA) is 106 Å². The number of aliphatic carboxylic acids is 1. The molecule has 7 nitrogen and oxygen atoms in total. The average molecular weight is 316 g/mol. The number of hydrogen-bond acceptors (Lipinski definition) is 6. The number of carbonyl (C=O) groups is 3. The van der Waals surface area contributed by atoms with Crippen molar-refractivity contribution in [2.24, 2.45) is 0 Å². The van der Waals surface area contributed by atoms with Gasteiger partial charge in [0, 0.05) is 19.3 Å². The molecule has 0 saturated carbocycles. The summed E-state index contributed by atoms with van der Waals surface area (Å²) in [6.07, 6.45) is 3.13. The smallest absolute Gasteiger partial charge is 0.319 e. The molecule has 0 aliphatic carbocycles. The SMILES string of the molecule is CC(=O)O.O=C(Cc1ccccn1)OC(=O)Cc1ccccn1. The van der Waals surface area contributed by atoms with Gasteiger partial charge in [-0.25, -0.2) is 0 Å². The number of pyridine rings is 2. The van der Waals surface area contributed by atoms with Crippen molar-refractivity contribution in [3.05, 3.63) is 60.2 Å². The van der Waals surface area contributed by atoms with Gasteiger partial charge in [0.1, 0.15) is 0 Å². The lowest BCUT2D eigenvalue weighted by Gasteiger charge is -2.02. The third kappa shape index (κ3) is 8.71. The van der Waals surface area contributed by atoms with Gasteiger partial charge in [-0.2, -0.15) is 0 Å². The van der Waals surface area contributed by atoms with E-state index >= 15 is 0 Å². The molecule has 0 saturated heterocycles. The molecule has 0 aliphatic heterocycles. The summed E-state index contributed by atoms with van der Waals surface area (Å²) in [4.78, 5) is 40.0. The molecule has 2 heterocycles. The lowest BCUT2D eigenvalue weighted by atomic mass is 10.2. The van der Waals surface area contributed by atoms with E-state index in [1.807, 2.05) is 0 Å². The van der Waals surface area contributed by atoms with Crippen LogP contribution < -0.4 is 0 Å². The highest BCUT2D eigenvalue weighted by molar-refractivity contribution is 5.87. The number of aromatic nitrogens is 2. The Morgan fingerprint density at radius 1 is 0.913 bits per heavy atom. The molecule has 23 heavy (non-hydrogen) atoms. The Bertz CT molecular complexity index is 589. The fraction of sp³-hybridized carbons (Fsp3) is 0.188. The van der Waals surface area contributed by atoms with Crippen LogP contribution in [0, 0.1) is 0 Å². The zero-order chi connectivity index (χ0) is 17.1. The van der Waals surface area contributed by atoms with Gasteiger partial charge in [0.2, 0.25) is 0 Å². The fourth-order valence-corrected chi connectivity index (χ4v) is 1.50. The molecule has 0 aliphatic rings. The third-order valence-corrected chi connectivity index (χ3v) is 2.33. The molecule has 0 amide bonds.